The molecule has 0 radical (unpaired) electrons. The van der Waals surface area contributed by atoms with E-state index < -0.39 is 0 Å². The van der Waals surface area contributed by atoms with Crippen LogP contribution in [0, 0.1) is 0 Å². The molecule has 0 amide bonds. The molecule has 6 aromatic carbocycles. The summed E-state index contributed by atoms with van der Waals surface area (Å²) in [6.45, 7) is 2.25. The van der Waals surface area contributed by atoms with E-state index in [2.05, 4.69) is 159 Å². The third-order valence-electron chi connectivity index (χ3n) is 8.20. The van der Waals surface area contributed by atoms with Crippen molar-refractivity contribution in [3.05, 3.63) is 163 Å². The van der Waals surface area contributed by atoms with E-state index >= 15 is 0 Å². The predicted octanol–water partition coefficient (Wildman–Crippen LogP) is 11.6. The second-order valence-corrected chi connectivity index (χ2v) is 10.8. The molecule has 0 heterocycles. The lowest BCUT2D eigenvalue weighted by Gasteiger charge is -2.09. The van der Waals surface area contributed by atoms with E-state index in [9.17, 15) is 0 Å². The molecule has 0 aromatic heterocycles. The van der Waals surface area contributed by atoms with Gasteiger partial charge in [-0.3, -0.25) is 0 Å². The molecule has 0 saturated heterocycles. The maximum absolute atomic E-state index is 2.44. The molecule has 0 aliphatic heterocycles. The molecule has 0 unspecified atom stereocenters. The highest BCUT2D eigenvalue weighted by atomic mass is 14.3. The predicted molar refractivity (Wildman–Crippen MR) is 176 cm³/mol. The average Bonchev–Trinajstić information content (AvgIpc) is 3.36. The van der Waals surface area contributed by atoms with Crippen LogP contribution in [0.1, 0.15) is 30.9 Å². The van der Waals surface area contributed by atoms with Gasteiger partial charge in [-0.05, 0) is 90.9 Å². The van der Waals surface area contributed by atoms with E-state index in [1.165, 1.54) is 72.3 Å². The van der Waals surface area contributed by atoms with Crippen LogP contribution < -0.4 is 0 Å². The standard InChI is InChI=1S/C41H32/c1-2-3-14-37-40-27-35(33-19-15-31(16-20-33)29-10-6-4-7-11-29)23-25-38(40)39-26-24-36(28-41(37)39)34-21-17-32(18-22-34)30-12-8-5-9-13-30/h4-28H,2-3H2,1H3. The van der Waals surface area contributed by atoms with E-state index in [4.69, 9.17) is 0 Å². The summed E-state index contributed by atoms with van der Waals surface area (Å²) in [6.07, 6.45) is 4.64. The molecular weight excluding hydrogens is 492 g/mol. The van der Waals surface area contributed by atoms with E-state index in [1.807, 2.05) is 0 Å². The van der Waals surface area contributed by atoms with Gasteiger partial charge >= 0.3 is 0 Å². The lowest BCUT2D eigenvalue weighted by Crippen LogP contribution is -1.86. The Morgan fingerprint density at radius 3 is 1.10 bits per heavy atom. The first-order valence-electron chi connectivity index (χ1n) is 14.6. The summed E-state index contributed by atoms with van der Waals surface area (Å²) < 4.78 is 0. The van der Waals surface area contributed by atoms with Gasteiger partial charge < -0.3 is 0 Å². The topological polar surface area (TPSA) is 0 Å². The molecule has 0 fully saturated rings. The third kappa shape index (κ3) is 4.83. The minimum absolute atomic E-state index is 1.07. The minimum Gasteiger partial charge on any atom is -0.0760 e. The second kappa shape index (κ2) is 10.9. The minimum atomic E-state index is 1.07. The summed E-state index contributed by atoms with van der Waals surface area (Å²) in [5.41, 5.74) is 16.7. The van der Waals surface area contributed by atoms with Crippen molar-refractivity contribution in [3.63, 3.8) is 0 Å². The Bertz CT molecular complexity index is 1700. The van der Waals surface area contributed by atoms with Gasteiger partial charge in [-0.1, -0.05) is 153 Å². The van der Waals surface area contributed by atoms with Crippen LogP contribution in [0.25, 0.3) is 61.2 Å². The first-order chi connectivity index (χ1) is 20.3. The molecule has 196 valence electrons. The Kier molecular flexibility index (Phi) is 6.67. The molecule has 6 aromatic rings. The van der Waals surface area contributed by atoms with Crippen molar-refractivity contribution in [2.45, 2.75) is 19.8 Å². The van der Waals surface area contributed by atoms with Gasteiger partial charge in [0.2, 0.25) is 0 Å². The highest BCUT2D eigenvalue weighted by Gasteiger charge is 2.24. The van der Waals surface area contributed by atoms with Gasteiger partial charge in [-0.2, -0.15) is 0 Å². The lowest BCUT2D eigenvalue weighted by atomic mass is 9.95. The quantitative estimate of drug-likeness (QED) is 0.203. The Morgan fingerprint density at radius 2 is 0.707 bits per heavy atom. The molecule has 0 atom stereocenters. The van der Waals surface area contributed by atoms with Gasteiger partial charge in [0.05, 0.1) is 0 Å². The summed E-state index contributed by atoms with van der Waals surface area (Å²) in [6, 6.07) is 53.1. The SMILES string of the molecule is CCCC=C1c2cc(-c3ccc(-c4ccccc4)cc3)ccc2-c2ccc(-c3ccc(-c4ccccc4)cc3)cc21. The zero-order valence-corrected chi connectivity index (χ0v) is 23.3. The Labute approximate surface area is 243 Å². The fourth-order valence-corrected chi connectivity index (χ4v) is 5.99. The molecule has 41 heavy (non-hydrogen) atoms. The van der Waals surface area contributed by atoms with Crippen molar-refractivity contribution in [1.29, 1.82) is 0 Å². The summed E-state index contributed by atoms with van der Waals surface area (Å²) in [5.74, 6) is 0. The van der Waals surface area contributed by atoms with E-state index in [1.54, 1.807) is 0 Å². The second-order valence-electron chi connectivity index (χ2n) is 10.8. The first kappa shape index (κ1) is 25.1. The average molecular weight is 525 g/mol. The van der Waals surface area contributed by atoms with Gasteiger partial charge in [0.15, 0.2) is 0 Å². The summed E-state index contributed by atoms with van der Waals surface area (Å²) in [5, 5.41) is 0. The molecule has 0 saturated carbocycles. The van der Waals surface area contributed by atoms with Crippen molar-refractivity contribution in [2.24, 2.45) is 0 Å². The number of benzene rings is 6. The molecule has 0 nitrogen and oxygen atoms in total. The van der Waals surface area contributed by atoms with Crippen LogP contribution in [-0.4, -0.2) is 0 Å². The fraction of sp³-hybridized carbons (Fsp3) is 0.0732. The van der Waals surface area contributed by atoms with Crippen LogP contribution in [0.15, 0.2) is 152 Å². The van der Waals surface area contributed by atoms with Crippen molar-refractivity contribution >= 4 is 5.57 Å². The number of rotatable bonds is 6. The summed E-state index contributed by atoms with van der Waals surface area (Å²) in [4.78, 5) is 0. The number of hydrogen-bond acceptors (Lipinski definition) is 0. The van der Waals surface area contributed by atoms with E-state index in [0.717, 1.165) is 12.8 Å². The fourth-order valence-electron chi connectivity index (χ4n) is 5.99. The van der Waals surface area contributed by atoms with Gasteiger partial charge in [0, 0.05) is 0 Å². The molecule has 0 bridgehead atoms. The first-order valence-corrected chi connectivity index (χ1v) is 14.6. The maximum Gasteiger partial charge on any atom is -0.00960 e. The van der Waals surface area contributed by atoms with E-state index in [0.29, 0.717) is 0 Å². The van der Waals surface area contributed by atoms with Crippen molar-refractivity contribution in [2.75, 3.05) is 0 Å². The van der Waals surface area contributed by atoms with Crippen LogP contribution in [-0.2, 0) is 0 Å². The van der Waals surface area contributed by atoms with Crippen LogP contribution in [0.4, 0.5) is 0 Å². The zero-order valence-electron chi connectivity index (χ0n) is 23.3. The van der Waals surface area contributed by atoms with Crippen LogP contribution in [0.2, 0.25) is 0 Å². The van der Waals surface area contributed by atoms with Gasteiger partial charge in [0.25, 0.3) is 0 Å². The Balaban J connectivity index is 1.23. The number of allylic oxidation sites excluding steroid dienone is 1. The summed E-state index contributed by atoms with van der Waals surface area (Å²) >= 11 is 0. The largest absolute Gasteiger partial charge is 0.0760 e. The van der Waals surface area contributed by atoms with Crippen molar-refractivity contribution < 1.29 is 0 Å². The molecule has 0 N–H and O–H groups in total. The molecule has 0 heteroatoms. The third-order valence-corrected chi connectivity index (χ3v) is 8.20. The van der Waals surface area contributed by atoms with Crippen molar-refractivity contribution in [3.8, 4) is 55.6 Å². The highest BCUT2D eigenvalue weighted by molar-refractivity contribution is 6.03. The van der Waals surface area contributed by atoms with E-state index in [-0.39, 0.29) is 0 Å². The van der Waals surface area contributed by atoms with Crippen LogP contribution in [0.3, 0.4) is 0 Å². The number of unbranched alkanes of at least 4 members (excludes halogenated alkanes) is 1. The van der Waals surface area contributed by atoms with Crippen LogP contribution in [0.5, 0.6) is 0 Å². The molecule has 1 aliphatic carbocycles. The number of fused-ring (bicyclic) bond motifs is 3. The molecule has 7 rings (SSSR count). The maximum atomic E-state index is 2.44. The van der Waals surface area contributed by atoms with Crippen LogP contribution >= 0.6 is 0 Å². The highest BCUT2D eigenvalue weighted by Crippen LogP contribution is 2.47. The molecule has 1 aliphatic rings. The zero-order chi connectivity index (χ0) is 27.6. The molecular formula is C41H32. The van der Waals surface area contributed by atoms with Gasteiger partial charge in [-0.25, -0.2) is 0 Å². The summed E-state index contributed by atoms with van der Waals surface area (Å²) in [7, 11) is 0. The normalized spacial score (nSPS) is 11.7. The van der Waals surface area contributed by atoms with Gasteiger partial charge in [0.1, 0.15) is 0 Å². The molecule has 0 spiro atoms. The monoisotopic (exact) mass is 524 g/mol. The smallest absolute Gasteiger partial charge is 0.00960 e. The lowest BCUT2D eigenvalue weighted by molar-refractivity contribution is 0.960. The Morgan fingerprint density at radius 1 is 0.366 bits per heavy atom. The number of hydrogen-bond donors (Lipinski definition) is 0. The van der Waals surface area contributed by atoms with Crippen molar-refractivity contribution in [1.82, 2.24) is 0 Å². The van der Waals surface area contributed by atoms with Gasteiger partial charge in [-0.15, -0.1) is 0 Å². The Hall–Kier alpha value is -4.94.